The molecule has 154 valence electrons. The van der Waals surface area contributed by atoms with Crippen LogP contribution in [0.2, 0.25) is 0 Å². The molecule has 0 unspecified atom stereocenters. The zero-order chi connectivity index (χ0) is 21.2. The number of rotatable bonds is 9. The Morgan fingerprint density at radius 3 is 2.40 bits per heavy atom. The Balaban J connectivity index is 1.62. The normalized spacial score (nSPS) is 11.8. The molecule has 0 radical (unpaired) electrons. The van der Waals surface area contributed by atoms with Gasteiger partial charge in [-0.15, -0.1) is 0 Å². The van der Waals surface area contributed by atoms with Gasteiger partial charge in [-0.05, 0) is 41.8 Å². The third kappa shape index (κ3) is 5.93. The molecule has 0 fully saturated rings. The van der Waals surface area contributed by atoms with Gasteiger partial charge in [-0.1, -0.05) is 60.7 Å². The summed E-state index contributed by atoms with van der Waals surface area (Å²) in [6.45, 7) is 2.82. The number of ether oxygens (including phenoxy) is 2. The minimum Gasteiger partial charge on any atom is -0.490 e. The van der Waals surface area contributed by atoms with Gasteiger partial charge < -0.3 is 14.6 Å². The first-order valence-electron chi connectivity index (χ1n) is 9.67. The molecule has 1 amide bonds. The molecule has 2 N–H and O–H groups in total. The van der Waals surface area contributed by atoms with Crippen LogP contribution >= 0.6 is 0 Å². The average Bonchev–Trinajstić information content (AvgIpc) is 2.79. The molecule has 3 aromatic carbocycles. The number of amides is 1. The molecule has 0 aliphatic carbocycles. The summed E-state index contributed by atoms with van der Waals surface area (Å²) >= 11 is 0. The molecule has 0 aliphatic heterocycles. The van der Waals surface area contributed by atoms with Crippen molar-refractivity contribution in [2.75, 3.05) is 6.61 Å². The minimum atomic E-state index is -1.28. The molecule has 0 saturated heterocycles. The molecule has 0 aliphatic rings. The van der Waals surface area contributed by atoms with Crippen molar-refractivity contribution in [1.82, 2.24) is 5.43 Å². The third-order valence-electron chi connectivity index (χ3n) is 4.26. The zero-order valence-electron chi connectivity index (χ0n) is 16.7. The van der Waals surface area contributed by atoms with Crippen LogP contribution < -0.4 is 14.9 Å². The van der Waals surface area contributed by atoms with Crippen LogP contribution in [0.15, 0.2) is 84.0 Å². The number of carbonyl (C=O) groups is 1. The summed E-state index contributed by atoms with van der Waals surface area (Å²) in [5.41, 5.74) is 4.64. The highest BCUT2D eigenvalue weighted by atomic mass is 16.5. The van der Waals surface area contributed by atoms with E-state index in [-0.39, 0.29) is 0 Å². The average molecular weight is 404 g/mol. The number of nitrogens with zero attached hydrogens (tertiary/aromatic N) is 1. The molecule has 6 heteroatoms. The van der Waals surface area contributed by atoms with Gasteiger partial charge in [0.25, 0.3) is 5.91 Å². The highest BCUT2D eigenvalue weighted by Gasteiger charge is 2.16. The first kappa shape index (κ1) is 21.1. The first-order valence-corrected chi connectivity index (χ1v) is 9.67. The van der Waals surface area contributed by atoms with Gasteiger partial charge in [0.1, 0.15) is 6.61 Å². The predicted octanol–water partition coefficient (Wildman–Crippen LogP) is 3.85. The van der Waals surface area contributed by atoms with Crippen molar-refractivity contribution in [2.24, 2.45) is 5.10 Å². The van der Waals surface area contributed by atoms with Crippen molar-refractivity contribution in [3.05, 3.63) is 95.6 Å². The Bertz CT molecular complexity index is 975. The monoisotopic (exact) mass is 404 g/mol. The Kier molecular flexibility index (Phi) is 7.58. The van der Waals surface area contributed by atoms with Crippen LogP contribution in [0.4, 0.5) is 0 Å². The summed E-state index contributed by atoms with van der Waals surface area (Å²) in [5, 5.41) is 14.0. The largest absolute Gasteiger partial charge is 0.490 e. The van der Waals surface area contributed by atoms with Crippen molar-refractivity contribution < 1.29 is 19.4 Å². The van der Waals surface area contributed by atoms with E-state index in [9.17, 15) is 9.90 Å². The standard InChI is InChI=1S/C24H24N2O4/c1-2-29-22-15-19(13-14-21(22)30-17-18-9-5-3-6-10-18)16-25-26-24(28)23(27)20-11-7-4-8-12-20/h3-16,23,27H,2,17H2,1H3,(H,26,28)/b25-16-/t23-/m0/s1. The second kappa shape index (κ2) is 10.8. The van der Waals surface area contributed by atoms with Crippen LogP contribution in [0.25, 0.3) is 0 Å². The van der Waals surface area contributed by atoms with E-state index in [0.717, 1.165) is 11.1 Å². The smallest absolute Gasteiger partial charge is 0.273 e. The van der Waals surface area contributed by atoms with Gasteiger partial charge in [-0.3, -0.25) is 4.79 Å². The number of hydrogen-bond acceptors (Lipinski definition) is 5. The van der Waals surface area contributed by atoms with E-state index >= 15 is 0 Å². The summed E-state index contributed by atoms with van der Waals surface area (Å²) in [4.78, 5) is 12.1. The van der Waals surface area contributed by atoms with Crippen molar-refractivity contribution in [1.29, 1.82) is 0 Å². The highest BCUT2D eigenvalue weighted by molar-refractivity contribution is 5.85. The van der Waals surface area contributed by atoms with Crippen LogP contribution in [-0.2, 0) is 11.4 Å². The first-order chi connectivity index (χ1) is 14.7. The molecular formula is C24H24N2O4. The summed E-state index contributed by atoms with van der Waals surface area (Å²) < 4.78 is 11.6. The quantitative estimate of drug-likeness (QED) is 0.419. The number of hydrogen-bond donors (Lipinski definition) is 2. The number of nitrogens with one attached hydrogen (secondary N) is 1. The number of aliphatic hydroxyl groups is 1. The van der Waals surface area contributed by atoms with Crippen molar-refractivity contribution in [3.8, 4) is 11.5 Å². The van der Waals surface area contributed by atoms with E-state index in [0.29, 0.717) is 30.3 Å². The van der Waals surface area contributed by atoms with Crippen LogP contribution in [0, 0.1) is 0 Å². The molecule has 30 heavy (non-hydrogen) atoms. The van der Waals surface area contributed by atoms with E-state index in [1.165, 1.54) is 6.21 Å². The van der Waals surface area contributed by atoms with E-state index in [4.69, 9.17) is 9.47 Å². The minimum absolute atomic E-state index is 0.432. The highest BCUT2D eigenvalue weighted by Crippen LogP contribution is 2.29. The summed E-state index contributed by atoms with van der Waals surface area (Å²) in [6, 6.07) is 24.0. The van der Waals surface area contributed by atoms with Gasteiger partial charge in [0, 0.05) is 0 Å². The van der Waals surface area contributed by atoms with E-state index in [2.05, 4.69) is 10.5 Å². The Hall–Kier alpha value is -3.64. The fraction of sp³-hybridized carbons (Fsp3) is 0.167. The fourth-order valence-corrected chi connectivity index (χ4v) is 2.75. The molecule has 1 atom stereocenters. The van der Waals surface area contributed by atoms with Crippen molar-refractivity contribution in [3.63, 3.8) is 0 Å². The van der Waals surface area contributed by atoms with Gasteiger partial charge in [0.15, 0.2) is 17.6 Å². The van der Waals surface area contributed by atoms with Gasteiger partial charge in [0.2, 0.25) is 0 Å². The maximum Gasteiger partial charge on any atom is 0.273 e. The molecule has 0 saturated carbocycles. The lowest BCUT2D eigenvalue weighted by molar-refractivity contribution is -0.129. The summed E-state index contributed by atoms with van der Waals surface area (Å²) in [7, 11) is 0. The third-order valence-corrected chi connectivity index (χ3v) is 4.26. The molecule has 0 spiro atoms. The number of hydrazone groups is 1. The fourth-order valence-electron chi connectivity index (χ4n) is 2.75. The molecular weight excluding hydrogens is 380 g/mol. The predicted molar refractivity (Wildman–Crippen MR) is 116 cm³/mol. The molecule has 0 aromatic heterocycles. The van der Waals surface area contributed by atoms with E-state index < -0.39 is 12.0 Å². The second-order valence-corrected chi connectivity index (χ2v) is 6.46. The van der Waals surface area contributed by atoms with Crippen LogP contribution in [0.5, 0.6) is 11.5 Å². The molecule has 6 nitrogen and oxygen atoms in total. The number of benzene rings is 3. The van der Waals surface area contributed by atoms with Gasteiger partial charge in [-0.2, -0.15) is 5.10 Å². The molecule has 3 aromatic rings. The topological polar surface area (TPSA) is 80.2 Å². The van der Waals surface area contributed by atoms with Gasteiger partial charge >= 0.3 is 0 Å². The van der Waals surface area contributed by atoms with Gasteiger partial charge in [0.05, 0.1) is 12.8 Å². The van der Waals surface area contributed by atoms with E-state index in [1.807, 2.05) is 49.4 Å². The van der Waals surface area contributed by atoms with Gasteiger partial charge in [-0.25, -0.2) is 5.43 Å². The maximum atomic E-state index is 12.1. The summed E-state index contributed by atoms with van der Waals surface area (Å²) in [5.74, 6) is 0.611. The Morgan fingerprint density at radius 2 is 1.70 bits per heavy atom. The SMILES string of the molecule is CCOc1cc(/C=N\NC(=O)[C@@H](O)c2ccccc2)ccc1OCc1ccccc1. The molecule has 0 bridgehead atoms. The second-order valence-electron chi connectivity index (χ2n) is 6.46. The zero-order valence-corrected chi connectivity index (χ0v) is 16.7. The summed E-state index contributed by atoms with van der Waals surface area (Å²) in [6.07, 6.45) is 0.204. The number of aliphatic hydroxyl groups excluding tert-OH is 1. The van der Waals surface area contributed by atoms with E-state index in [1.54, 1.807) is 36.4 Å². The number of carbonyl (C=O) groups excluding carboxylic acids is 1. The molecule has 3 rings (SSSR count). The van der Waals surface area contributed by atoms with Crippen LogP contribution in [0.3, 0.4) is 0 Å². The Morgan fingerprint density at radius 1 is 1.00 bits per heavy atom. The van der Waals surface area contributed by atoms with Crippen molar-refractivity contribution >= 4 is 12.1 Å². The van der Waals surface area contributed by atoms with Crippen LogP contribution in [-0.4, -0.2) is 23.8 Å². The Labute approximate surface area is 175 Å². The van der Waals surface area contributed by atoms with Crippen molar-refractivity contribution in [2.45, 2.75) is 19.6 Å². The lowest BCUT2D eigenvalue weighted by Crippen LogP contribution is -2.25. The maximum absolute atomic E-state index is 12.1. The lowest BCUT2D eigenvalue weighted by Gasteiger charge is -2.12. The molecule has 0 heterocycles. The van der Waals surface area contributed by atoms with Crippen LogP contribution in [0.1, 0.15) is 29.7 Å². The lowest BCUT2D eigenvalue weighted by atomic mass is 10.1.